The average molecular weight is 239 g/mol. The van der Waals surface area contributed by atoms with Crippen molar-refractivity contribution in [1.29, 1.82) is 0 Å². The van der Waals surface area contributed by atoms with Gasteiger partial charge in [-0.3, -0.25) is 4.90 Å². The van der Waals surface area contributed by atoms with Gasteiger partial charge >= 0.3 is 6.09 Å². The highest BCUT2D eigenvalue weighted by atomic mass is 16.6. The Bertz CT molecular complexity index is 383. The quantitative estimate of drug-likeness (QED) is 0.751. The van der Waals surface area contributed by atoms with Crippen LogP contribution in [0.5, 0.6) is 0 Å². The van der Waals surface area contributed by atoms with Crippen LogP contribution in [-0.4, -0.2) is 33.3 Å². The molecule has 1 atom stereocenters. The fourth-order valence-corrected chi connectivity index (χ4v) is 1.90. The summed E-state index contributed by atoms with van der Waals surface area (Å²) in [4.78, 5) is 17.6. The van der Waals surface area contributed by atoms with E-state index in [9.17, 15) is 4.79 Å². The lowest BCUT2D eigenvalue weighted by molar-refractivity contribution is 0.0217. The highest BCUT2D eigenvalue weighted by Crippen LogP contribution is 2.30. The van der Waals surface area contributed by atoms with E-state index >= 15 is 0 Å². The largest absolute Gasteiger partial charge is 0.444 e. The Labute approximate surface area is 99.9 Å². The molecule has 0 saturated carbocycles. The van der Waals surface area contributed by atoms with Gasteiger partial charge in [-0.05, 0) is 33.6 Å². The zero-order valence-electron chi connectivity index (χ0n) is 10.3. The van der Waals surface area contributed by atoms with Crippen molar-refractivity contribution in [3.63, 3.8) is 0 Å². The van der Waals surface area contributed by atoms with Crippen molar-refractivity contribution in [2.24, 2.45) is 0 Å². The van der Waals surface area contributed by atoms with Crippen molar-refractivity contribution in [3.05, 3.63) is 12.2 Å². The van der Waals surface area contributed by atoms with Gasteiger partial charge in [-0.25, -0.2) is 4.79 Å². The number of carbonyl (C=O) groups excluding carboxylic acids is 1. The third-order valence-corrected chi connectivity index (χ3v) is 2.56. The van der Waals surface area contributed by atoms with Crippen LogP contribution in [0.4, 0.5) is 4.79 Å². The van der Waals surface area contributed by atoms with Crippen LogP contribution in [0.25, 0.3) is 0 Å². The third kappa shape index (κ3) is 2.75. The normalized spacial score (nSPS) is 20.6. The van der Waals surface area contributed by atoms with Gasteiger partial charge < -0.3 is 9.26 Å². The molecule has 1 amide bonds. The summed E-state index contributed by atoms with van der Waals surface area (Å²) < 4.78 is 10.1. The summed E-state index contributed by atoms with van der Waals surface area (Å²) in [5.41, 5.74) is -0.485. The maximum absolute atomic E-state index is 12.0. The molecule has 0 bridgehead atoms. The van der Waals surface area contributed by atoms with E-state index in [0.29, 0.717) is 12.4 Å². The van der Waals surface area contributed by atoms with Crippen molar-refractivity contribution < 1.29 is 14.1 Å². The summed E-state index contributed by atoms with van der Waals surface area (Å²) in [5.74, 6) is 0.549. The van der Waals surface area contributed by atoms with Crippen LogP contribution in [0.2, 0.25) is 0 Å². The first kappa shape index (κ1) is 11.9. The van der Waals surface area contributed by atoms with Crippen LogP contribution in [-0.2, 0) is 4.74 Å². The molecule has 0 aliphatic carbocycles. The molecule has 0 radical (unpaired) electrons. The molecule has 0 spiro atoms. The van der Waals surface area contributed by atoms with Crippen molar-refractivity contribution in [3.8, 4) is 0 Å². The Morgan fingerprint density at radius 2 is 2.35 bits per heavy atom. The second kappa shape index (κ2) is 4.35. The second-order valence-electron chi connectivity index (χ2n) is 5.12. The van der Waals surface area contributed by atoms with Crippen LogP contribution in [0.15, 0.2) is 10.9 Å². The summed E-state index contributed by atoms with van der Waals surface area (Å²) >= 11 is 0. The Morgan fingerprint density at radius 3 is 2.94 bits per heavy atom. The van der Waals surface area contributed by atoms with Gasteiger partial charge in [0.15, 0.2) is 5.82 Å². The number of hydrogen-bond acceptors (Lipinski definition) is 5. The smallest absolute Gasteiger partial charge is 0.410 e. The minimum Gasteiger partial charge on any atom is -0.444 e. The molecule has 1 aliphatic heterocycles. The molecule has 1 fully saturated rings. The molecule has 0 aromatic carbocycles. The van der Waals surface area contributed by atoms with Crippen molar-refractivity contribution >= 4 is 6.09 Å². The number of rotatable bonds is 1. The molecule has 0 unspecified atom stereocenters. The summed E-state index contributed by atoms with van der Waals surface area (Å²) in [7, 11) is 0. The molecule has 17 heavy (non-hydrogen) atoms. The van der Waals surface area contributed by atoms with Crippen LogP contribution >= 0.6 is 0 Å². The maximum atomic E-state index is 12.0. The lowest BCUT2D eigenvalue weighted by atomic mass is 10.2. The highest BCUT2D eigenvalue weighted by Gasteiger charge is 2.35. The lowest BCUT2D eigenvalue weighted by Gasteiger charge is -2.27. The van der Waals surface area contributed by atoms with E-state index in [-0.39, 0.29) is 12.1 Å². The predicted molar refractivity (Wildman–Crippen MR) is 59.2 cm³/mol. The van der Waals surface area contributed by atoms with Crippen LogP contribution in [0.3, 0.4) is 0 Å². The SMILES string of the molecule is CC(C)(C)OC(=O)N1CCC[C@H]1c1ncon1. The number of amides is 1. The first-order chi connectivity index (χ1) is 7.97. The van der Waals surface area contributed by atoms with E-state index in [2.05, 4.69) is 10.1 Å². The Morgan fingerprint density at radius 1 is 1.59 bits per heavy atom. The van der Waals surface area contributed by atoms with E-state index < -0.39 is 5.60 Å². The summed E-state index contributed by atoms with van der Waals surface area (Å²) in [6, 6.07) is -0.122. The minimum atomic E-state index is -0.485. The first-order valence-electron chi connectivity index (χ1n) is 5.73. The van der Waals surface area contributed by atoms with Crippen molar-refractivity contribution in [2.45, 2.75) is 45.3 Å². The molecular formula is C11H17N3O3. The summed E-state index contributed by atoms with van der Waals surface area (Å²) in [5, 5.41) is 3.79. The van der Waals surface area contributed by atoms with Gasteiger partial charge in [0.1, 0.15) is 5.60 Å². The fourth-order valence-electron chi connectivity index (χ4n) is 1.90. The highest BCUT2D eigenvalue weighted by molar-refractivity contribution is 5.69. The molecule has 6 nitrogen and oxygen atoms in total. The number of hydrogen-bond donors (Lipinski definition) is 0. The van der Waals surface area contributed by atoms with E-state index in [1.165, 1.54) is 6.39 Å². The van der Waals surface area contributed by atoms with Gasteiger partial charge in [0.25, 0.3) is 0 Å². The lowest BCUT2D eigenvalue weighted by Crippen LogP contribution is -2.36. The number of likely N-dealkylation sites (tertiary alicyclic amines) is 1. The summed E-state index contributed by atoms with van der Waals surface area (Å²) in [6.07, 6.45) is 2.74. The molecule has 0 N–H and O–H groups in total. The molecule has 94 valence electrons. The molecular weight excluding hydrogens is 222 g/mol. The topological polar surface area (TPSA) is 68.5 Å². The number of carbonyl (C=O) groups is 1. The molecule has 1 aromatic rings. The minimum absolute atomic E-state index is 0.122. The number of aromatic nitrogens is 2. The third-order valence-electron chi connectivity index (χ3n) is 2.56. The van der Waals surface area contributed by atoms with Crippen LogP contribution in [0.1, 0.15) is 45.5 Å². The van der Waals surface area contributed by atoms with Gasteiger partial charge in [0.2, 0.25) is 6.39 Å². The second-order valence-corrected chi connectivity index (χ2v) is 5.12. The van der Waals surface area contributed by atoms with Gasteiger partial charge in [-0.2, -0.15) is 4.98 Å². The first-order valence-corrected chi connectivity index (χ1v) is 5.73. The molecule has 1 saturated heterocycles. The van der Waals surface area contributed by atoms with Gasteiger partial charge in [-0.15, -0.1) is 0 Å². The molecule has 6 heteroatoms. The Hall–Kier alpha value is -1.59. The number of ether oxygens (including phenoxy) is 1. The average Bonchev–Trinajstić information content (AvgIpc) is 2.85. The molecule has 1 aliphatic rings. The van der Waals surface area contributed by atoms with E-state index in [1.807, 2.05) is 20.8 Å². The Kier molecular flexibility index (Phi) is 3.04. The number of nitrogens with zero attached hydrogens (tertiary/aromatic N) is 3. The molecule has 1 aromatic heterocycles. The summed E-state index contributed by atoms with van der Waals surface area (Å²) in [6.45, 7) is 6.23. The zero-order chi connectivity index (χ0) is 12.5. The fraction of sp³-hybridized carbons (Fsp3) is 0.727. The van der Waals surface area contributed by atoms with E-state index in [0.717, 1.165) is 12.8 Å². The van der Waals surface area contributed by atoms with Gasteiger partial charge in [0, 0.05) is 6.54 Å². The molecule has 2 heterocycles. The predicted octanol–water partition coefficient (Wildman–Crippen LogP) is 2.14. The standard InChI is InChI=1S/C11H17N3O3/c1-11(2,3)17-10(15)14-6-4-5-8(14)9-12-7-16-13-9/h7-8H,4-6H2,1-3H3/t8-/m0/s1. The monoisotopic (exact) mass is 239 g/mol. The van der Waals surface area contributed by atoms with Crippen molar-refractivity contribution in [2.75, 3.05) is 6.54 Å². The van der Waals surface area contributed by atoms with E-state index in [1.54, 1.807) is 4.90 Å². The van der Waals surface area contributed by atoms with Crippen LogP contribution in [0, 0.1) is 0 Å². The Balaban J connectivity index is 2.07. The maximum Gasteiger partial charge on any atom is 0.410 e. The zero-order valence-corrected chi connectivity index (χ0v) is 10.3. The van der Waals surface area contributed by atoms with Crippen molar-refractivity contribution in [1.82, 2.24) is 15.0 Å². The van der Waals surface area contributed by atoms with Gasteiger partial charge in [0.05, 0.1) is 6.04 Å². The van der Waals surface area contributed by atoms with Crippen LogP contribution < -0.4 is 0 Å². The van der Waals surface area contributed by atoms with E-state index in [4.69, 9.17) is 9.26 Å². The van der Waals surface area contributed by atoms with Gasteiger partial charge in [-0.1, -0.05) is 5.16 Å². The molecule has 2 rings (SSSR count).